The van der Waals surface area contributed by atoms with E-state index >= 15 is 8.78 Å². The first-order chi connectivity index (χ1) is 13.0. The Bertz CT molecular complexity index is 943. The van der Waals surface area contributed by atoms with Crippen LogP contribution in [0.15, 0.2) is 18.3 Å². The Morgan fingerprint density at radius 2 is 2.00 bits per heavy atom. The van der Waals surface area contributed by atoms with E-state index in [0.29, 0.717) is 10.9 Å². The highest BCUT2D eigenvalue weighted by molar-refractivity contribution is 7.87. The number of aromatic amines is 1. The Hall–Kier alpha value is -1.33. The van der Waals surface area contributed by atoms with Crippen LogP contribution in [0.3, 0.4) is 0 Å². The minimum atomic E-state index is -3.71. The predicted molar refractivity (Wildman–Crippen MR) is 102 cm³/mol. The highest BCUT2D eigenvalue weighted by Gasteiger charge is 2.49. The topological polar surface area (TPSA) is 98.3 Å². The summed E-state index contributed by atoms with van der Waals surface area (Å²) in [6.45, 7) is 3.31. The van der Waals surface area contributed by atoms with Crippen molar-refractivity contribution in [1.29, 1.82) is 0 Å². The minimum absolute atomic E-state index is 0.0264. The van der Waals surface area contributed by atoms with Crippen molar-refractivity contribution in [2.24, 2.45) is 5.92 Å². The Morgan fingerprint density at radius 1 is 1.36 bits per heavy atom. The molecule has 7 nitrogen and oxygen atoms in total. The molecule has 1 saturated heterocycles. The summed E-state index contributed by atoms with van der Waals surface area (Å²) in [4.78, 5) is 0. The van der Waals surface area contributed by atoms with E-state index in [4.69, 9.17) is 11.6 Å². The summed E-state index contributed by atoms with van der Waals surface area (Å²) >= 11 is 5.99. The number of benzene rings is 1. The van der Waals surface area contributed by atoms with Gasteiger partial charge in [-0.15, -0.1) is 0 Å². The van der Waals surface area contributed by atoms with Crippen molar-refractivity contribution in [3.05, 3.63) is 28.9 Å². The molecule has 2 heterocycles. The maximum Gasteiger partial charge on any atom is 0.280 e. The second-order valence-corrected chi connectivity index (χ2v) is 9.50. The van der Waals surface area contributed by atoms with Gasteiger partial charge in [-0.2, -0.15) is 22.5 Å². The van der Waals surface area contributed by atoms with Crippen LogP contribution in [0, 0.1) is 5.92 Å². The van der Waals surface area contributed by atoms with Gasteiger partial charge in [-0.25, -0.2) is 8.78 Å². The monoisotopic (exact) mass is 436 g/mol. The van der Waals surface area contributed by atoms with Crippen molar-refractivity contribution in [3.8, 4) is 0 Å². The molecule has 0 aliphatic carbocycles. The Morgan fingerprint density at radius 3 is 2.61 bits per heavy atom. The first-order valence-electron chi connectivity index (χ1n) is 8.98. The number of hydrogen-bond acceptors (Lipinski definition) is 4. The van der Waals surface area contributed by atoms with Crippen LogP contribution in [-0.2, 0) is 10.2 Å². The number of nitrogens with zero attached hydrogens (tertiary/aromatic N) is 2. The van der Waals surface area contributed by atoms with Gasteiger partial charge in [0.2, 0.25) is 0 Å². The summed E-state index contributed by atoms with van der Waals surface area (Å²) in [5.74, 6) is -4.62. The highest BCUT2D eigenvalue weighted by atomic mass is 35.5. The molecule has 0 spiro atoms. The van der Waals surface area contributed by atoms with Gasteiger partial charge in [0.15, 0.2) is 0 Å². The fraction of sp³-hybridized carbons (Fsp3) is 0.588. The van der Waals surface area contributed by atoms with Crippen molar-refractivity contribution in [2.45, 2.75) is 44.8 Å². The number of halogens is 3. The Balaban J connectivity index is 1.77. The van der Waals surface area contributed by atoms with E-state index in [1.54, 1.807) is 19.9 Å². The van der Waals surface area contributed by atoms with Crippen LogP contribution < -0.4 is 4.72 Å². The van der Waals surface area contributed by atoms with Gasteiger partial charge in [-0.3, -0.25) is 5.10 Å². The van der Waals surface area contributed by atoms with E-state index in [1.807, 2.05) is 0 Å². The van der Waals surface area contributed by atoms with Crippen molar-refractivity contribution in [2.75, 3.05) is 13.1 Å². The lowest BCUT2D eigenvalue weighted by Crippen LogP contribution is -2.49. The molecule has 156 valence electrons. The smallest absolute Gasteiger partial charge is 0.280 e. The van der Waals surface area contributed by atoms with Crippen LogP contribution in [0.2, 0.25) is 5.02 Å². The van der Waals surface area contributed by atoms with Crippen LogP contribution in [-0.4, -0.2) is 53.1 Å². The van der Waals surface area contributed by atoms with Gasteiger partial charge in [0.05, 0.1) is 11.7 Å². The second kappa shape index (κ2) is 7.83. The molecular formula is C17H23ClF2N4O3S. The number of aromatic nitrogens is 2. The third-order valence-corrected chi connectivity index (χ3v) is 6.96. The third kappa shape index (κ3) is 4.16. The quantitative estimate of drug-likeness (QED) is 0.648. The number of piperidine rings is 1. The molecule has 1 fully saturated rings. The zero-order valence-electron chi connectivity index (χ0n) is 15.5. The number of aliphatic hydroxyl groups is 1. The van der Waals surface area contributed by atoms with Crippen molar-refractivity contribution in [1.82, 2.24) is 19.2 Å². The molecule has 0 radical (unpaired) electrons. The van der Waals surface area contributed by atoms with Crippen molar-refractivity contribution < 1.29 is 22.3 Å². The molecule has 0 amide bonds. The maximum absolute atomic E-state index is 15.1. The van der Waals surface area contributed by atoms with Gasteiger partial charge in [-0.05, 0) is 38.8 Å². The predicted octanol–water partition coefficient (Wildman–Crippen LogP) is 2.84. The molecule has 0 bridgehead atoms. The molecule has 28 heavy (non-hydrogen) atoms. The molecular weight excluding hydrogens is 414 g/mol. The fourth-order valence-corrected chi connectivity index (χ4v) is 5.22. The normalized spacial score (nSPS) is 18.8. The zero-order chi connectivity index (χ0) is 20.7. The van der Waals surface area contributed by atoms with E-state index < -0.39 is 28.2 Å². The van der Waals surface area contributed by atoms with Gasteiger partial charge in [0, 0.05) is 41.0 Å². The van der Waals surface area contributed by atoms with Gasteiger partial charge < -0.3 is 5.11 Å². The van der Waals surface area contributed by atoms with E-state index in [1.165, 1.54) is 16.6 Å². The minimum Gasteiger partial charge on any atom is -0.382 e. The number of nitrogens with one attached hydrogen (secondary N) is 2. The van der Waals surface area contributed by atoms with Crippen molar-refractivity contribution >= 4 is 32.7 Å². The third-order valence-electron chi connectivity index (χ3n) is 4.93. The SMILES string of the molecule is CC(C)NS(=O)(=O)N1CCC(C(F)(F)C(O)c2cc(Cl)cc3cn[nH]c23)CC1. The molecule has 1 aromatic carbocycles. The summed E-state index contributed by atoms with van der Waals surface area (Å²) in [6.07, 6.45) is -0.761. The maximum atomic E-state index is 15.1. The molecule has 1 aromatic heterocycles. The van der Waals surface area contributed by atoms with Gasteiger partial charge in [-0.1, -0.05) is 11.6 Å². The zero-order valence-corrected chi connectivity index (χ0v) is 17.1. The number of fused-ring (bicyclic) bond motifs is 1. The average Bonchev–Trinajstić information content (AvgIpc) is 3.07. The highest BCUT2D eigenvalue weighted by Crippen LogP contribution is 2.44. The number of rotatable bonds is 6. The molecule has 1 aliphatic rings. The fourth-order valence-electron chi connectivity index (χ4n) is 3.55. The number of H-pyrrole nitrogens is 1. The van der Waals surface area contributed by atoms with Crippen molar-refractivity contribution in [3.63, 3.8) is 0 Å². The summed E-state index contributed by atoms with van der Waals surface area (Å²) in [7, 11) is -3.71. The summed E-state index contributed by atoms with van der Waals surface area (Å²) in [5, 5.41) is 17.7. The molecule has 1 atom stereocenters. The van der Waals surface area contributed by atoms with Crippen LogP contribution in [0.5, 0.6) is 0 Å². The number of hydrogen-bond donors (Lipinski definition) is 3. The molecule has 3 rings (SSSR count). The van der Waals surface area contributed by atoms with Crippen LogP contribution in [0.4, 0.5) is 8.78 Å². The van der Waals surface area contributed by atoms with Gasteiger partial charge in [0.25, 0.3) is 16.1 Å². The van der Waals surface area contributed by atoms with E-state index in [2.05, 4.69) is 14.9 Å². The van der Waals surface area contributed by atoms with Crippen LogP contribution in [0.25, 0.3) is 10.9 Å². The summed E-state index contributed by atoms with van der Waals surface area (Å²) in [5.41, 5.74) is 0.277. The van der Waals surface area contributed by atoms with E-state index in [0.717, 1.165) is 0 Å². The first-order valence-corrected chi connectivity index (χ1v) is 10.8. The first kappa shape index (κ1) is 21.4. The second-order valence-electron chi connectivity index (χ2n) is 7.36. The Labute approximate surface area is 167 Å². The largest absolute Gasteiger partial charge is 0.382 e. The lowest BCUT2D eigenvalue weighted by molar-refractivity contribution is -0.158. The summed E-state index contributed by atoms with van der Waals surface area (Å²) < 4.78 is 58.2. The summed E-state index contributed by atoms with van der Waals surface area (Å²) in [6, 6.07) is 2.58. The molecule has 0 saturated carbocycles. The molecule has 1 aliphatic heterocycles. The number of alkyl halides is 2. The Kier molecular flexibility index (Phi) is 5.98. The molecule has 2 aromatic rings. The molecule has 3 N–H and O–H groups in total. The molecule has 1 unspecified atom stereocenters. The van der Waals surface area contributed by atoms with Crippen LogP contribution in [0.1, 0.15) is 38.4 Å². The average molecular weight is 437 g/mol. The lowest BCUT2D eigenvalue weighted by Gasteiger charge is -2.37. The van der Waals surface area contributed by atoms with E-state index in [-0.39, 0.29) is 42.6 Å². The lowest BCUT2D eigenvalue weighted by atomic mass is 9.85. The van der Waals surface area contributed by atoms with Gasteiger partial charge in [0.1, 0.15) is 6.10 Å². The molecule has 11 heteroatoms. The van der Waals surface area contributed by atoms with Gasteiger partial charge >= 0.3 is 0 Å². The number of aliphatic hydroxyl groups excluding tert-OH is 1. The standard InChI is InChI=1S/C17H23ClF2N4O3S/c1-10(2)23-28(26,27)24-5-3-12(4-6-24)17(19,20)16(25)14-8-13(18)7-11-9-21-22-15(11)14/h7-10,12,16,23,25H,3-6H2,1-2H3,(H,21,22). The van der Waals surface area contributed by atoms with Crippen LogP contribution >= 0.6 is 11.6 Å². The van der Waals surface area contributed by atoms with E-state index in [9.17, 15) is 13.5 Å².